The standard InChI is InChI=1S/C14H24N4O2/c1-5-6-7-10(15)13(19)17-12-11(18(2)3)8-9-16-14(12)20-4/h8-10H,5-7,15H2,1-4H3,(H,17,19). The minimum Gasteiger partial charge on any atom is -0.479 e. The van der Waals surface area contributed by atoms with Gasteiger partial charge in [-0.3, -0.25) is 4.79 Å². The van der Waals surface area contributed by atoms with Gasteiger partial charge >= 0.3 is 0 Å². The number of aromatic nitrogens is 1. The summed E-state index contributed by atoms with van der Waals surface area (Å²) in [5, 5.41) is 2.83. The highest BCUT2D eigenvalue weighted by Crippen LogP contribution is 2.32. The lowest BCUT2D eigenvalue weighted by Crippen LogP contribution is -2.36. The van der Waals surface area contributed by atoms with Crippen LogP contribution in [0.3, 0.4) is 0 Å². The van der Waals surface area contributed by atoms with Crippen LogP contribution in [0, 0.1) is 0 Å². The van der Waals surface area contributed by atoms with Crippen LogP contribution in [0.1, 0.15) is 26.2 Å². The van der Waals surface area contributed by atoms with E-state index in [0.717, 1.165) is 18.5 Å². The molecule has 0 fully saturated rings. The lowest BCUT2D eigenvalue weighted by molar-refractivity contribution is -0.117. The van der Waals surface area contributed by atoms with Crippen molar-refractivity contribution in [1.29, 1.82) is 0 Å². The second-order valence-corrected chi connectivity index (χ2v) is 4.85. The fourth-order valence-corrected chi connectivity index (χ4v) is 1.85. The second-order valence-electron chi connectivity index (χ2n) is 4.85. The summed E-state index contributed by atoms with van der Waals surface area (Å²) in [6, 6.07) is 1.30. The van der Waals surface area contributed by atoms with Crippen LogP contribution >= 0.6 is 0 Å². The Balaban J connectivity index is 2.92. The van der Waals surface area contributed by atoms with Gasteiger partial charge in [0.15, 0.2) is 0 Å². The maximum absolute atomic E-state index is 12.1. The van der Waals surface area contributed by atoms with Crippen molar-refractivity contribution in [3.63, 3.8) is 0 Å². The molecule has 0 bridgehead atoms. The predicted molar refractivity (Wildman–Crippen MR) is 81.2 cm³/mol. The molecular formula is C14H24N4O2. The smallest absolute Gasteiger partial charge is 0.241 e. The molecule has 1 atom stereocenters. The number of anilines is 2. The van der Waals surface area contributed by atoms with E-state index in [1.807, 2.05) is 25.1 Å². The maximum atomic E-state index is 12.1. The first-order chi connectivity index (χ1) is 9.51. The molecule has 0 spiro atoms. The molecule has 1 amide bonds. The molecule has 0 aliphatic carbocycles. The maximum Gasteiger partial charge on any atom is 0.241 e. The normalized spacial score (nSPS) is 11.8. The van der Waals surface area contributed by atoms with Crippen LogP contribution in [0.15, 0.2) is 12.3 Å². The fraction of sp³-hybridized carbons (Fsp3) is 0.571. The zero-order chi connectivity index (χ0) is 15.1. The lowest BCUT2D eigenvalue weighted by Gasteiger charge is -2.20. The molecule has 0 aliphatic heterocycles. The summed E-state index contributed by atoms with van der Waals surface area (Å²) in [6.07, 6.45) is 4.25. The van der Waals surface area contributed by atoms with Crippen LogP contribution < -0.4 is 20.7 Å². The monoisotopic (exact) mass is 280 g/mol. The summed E-state index contributed by atoms with van der Waals surface area (Å²) >= 11 is 0. The molecule has 0 saturated carbocycles. The van der Waals surface area contributed by atoms with Gasteiger partial charge in [-0.05, 0) is 12.5 Å². The zero-order valence-corrected chi connectivity index (χ0v) is 12.6. The fourth-order valence-electron chi connectivity index (χ4n) is 1.85. The number of pyridine rings is 1. The van der Waals surface area contributed by atoms with Gasteiger partial charge in [0, 0.05) is 20.3 Å². The number of hydrogen-bond acceptors (Lipinski definition) is 5. The molecule has 6 heteroatoms. The summed E-state index contributed by atoms with van der Waals surface area (Å²) in [5.74, 6) is 0.167. The van der Waals surface area contributed by atoms with Gasteiger partial charge in [-0.15, -0.1) is 0 Å². The number of nitrogens with two attached hydrogens (primary N) is 1. The minimum atomic E-state index is -0.519. The number of nitrogens with one attached hydrogen (secondary N) is 1. The van der Waals surface area contributed by atoms with Crippen LogP contribution in [-0.4, -0.2) is 38.1 Å². The van der Waals surface area contributed by atoms with Crippen LogP contribution in [0.25, 0.3) is 0 Å². The van der Waals surface area contributed by atoms with E-state index in [0.29, 0.717) is 18.0 Å². The summed E-state index contributed by atoms with van der Waals surface area (Å²) in [7, 11) is 5.30. The van der Waals surface area contributed by atoms with Crippen molar-refractivity contribution in [3.05, 3.63) is 12.3 Å². The Labute approximate surface area is 120 Å². The third kappa shape index (κ3) is 4.09. The Morgan fingerprint density at radius 2 is 2.25 bits per heavy atom. The van der Waals surface area contributed by atoms with E-state index in [1.54, 1.807) is 6.20 Å². The molecule has 3 N–H and O–H groups in total. The molecule has 0 aliphatic rings. The minimum absolute atomic E-state index is 0.215. The number of ether oxygens (including phenoxy) is 1. The molecule has 1 rings (SSSR count). The average molecular weight is 280 g/mol. The van der Waals surface area contributed by atoms with Gasteiger partial charge in [-0.2, -0.15) is 0 Å². The molecule has 1 aromatic rings. The van der Waals surface area contributed by atoms with E-state index in [4.69, 9.17) is 10.5 Å². The van der Waals surface area contributed by atoms with Gasteiger partial charge in [0.1, 0.15) is 5.69 Å². The summed E-state index contributed by atoms with van der Waals surface area (Å²) < 4.78 is 5.20. The predicted octanol–water partition coefficient (Wildman–Crippen LogP) is 1.61. The van der Waals surface area contributed by atoms with Gasteiger partial charge in [-0.1, -0.05) is 19.8 Å². The summed E-state index contributed by atoms with van der Waals surface area (Å²) in [6.45, 7) is 2.07. The van der Waals surface area contributed by atoms with Gasteiger partial charge in [0.25, 0.3) is 0 Å². The number of rotatable bonds is 7. The Morgan fingerprint density at radius 3 is 2.80 bits per heavy atom. The highest BCUT2D eigenvalue weighted by molar-refractivity contribution is 5.98. The van der Waals surface area contributed by atoms with E-state index in [2.05, 4.69) is 17.2 Å². The first kappa shape index (κ1) is 16.2. The Kier molecular flexibility index (Phi) is 6.24. The van der Waals surface area contributed by atoms with Crippen LogP contribution in [0.4, 0.5) is 11.4 Å². The highest BCUT2D eigenvalue weighted by atomic mass is 16.5. The summed E-state index contributed by atoms with van der Waals surface area (Å²) in [5.41, 5.74) is 7.26. The second kappa shape index (κ2) is 7.69. The van der Waals surface area contributed by atoms with Crippen molar-refractivity contribution >= 4 is 17.3 Å². The van der Waals surface area contributed by atoms with Crippen molar-refractivity contribution in [3.8, 4) is 5.88 Å². The Morgan fingerprint density at radius 1 is 1.55 bits per heavy atom. The third-order valence-corrected chi connectivity index (χ3v) is 3.02. The molecular weight excluding hydrogens is 256 g/mol. The van der Waals surface area contributed by atoms with Crippen molar-refractivity contribution in [2.24, 2.45) is 5.73 Å². The number of methoxy groups -OCH3 is 1. The van der Waals surface area contributed by atoms with E-state index in [9.17, 15) is 4.79 Å². The number of unbranched alkanes of at least 4 members (excludes halogenated alkanes) is 1. The highest BCUT2D eigenvalue weighted by Gasteiger charge is 2.19. The van der Waals surface area contributed by atoms with E-state index < -0.39 is 6.04 Å². The molecule has 0 aromatic carbocycles. The van der Waals surface area contributed by atoms with Gasteiger partial charge in [0.2, 0.25) is 11.8 Å². The molecule has 1 aromatic heterocycles. The van der Waals surface area contributed by atoms with Crippen LogP contribution in [-0.2, 0) is 4.79 Å². The third-order valence-electron chi connectivity index (χ3n) is 3.02. The Hall–Kier alpha value is -1.82. The largest absolute Gasteiger partial charge is 0.479 e. The average Bonchev–Trinajstić information content (AvgIpc) is 2.44. The molecule has 6 nitrogen and oxygen atoms in total. The lowest BCUT2D eigenvalue weighted by atomic mass is 10.1. The first-order valence-corrected chi connectivity index (χ1v) is 6.78. The first-order valence-electron chi connectivity index (χ1n) is 6.78. The van der Waals surface area contributed by atoms with Gasteiger partial charge in [0.05, 0.1) is 18.8 Å². The van der Waals surface area contributed by atoms with Crippen LogP contribution in [0.2, 0.25) is 0 Å². The van der Waals surface area contributed by atoms with Crippen molar-refractivity contribution in [2.45, 2.75) is 32.2 Å². The number of carbonyl (C=O) groups excluding carboxylic acids is 1. The number of nitrogens with zero attached hydrogens (tertiary/aromatic N) is 2. The van der Waals surface area contributed by atoms with Crippen molar-refractivity contribution < 1.29 is 9.53 Å². The topological polar surface area (TPSA) is 80.5 Å². The van der Waals surface area contributed by atoms with Gasteiger partial charge < -0.3 is 20.7 Å². The van der Waals surface area contributed by atoms with Crippen molar-refractivity contribution in [2.75, 3.05) is 31.4 Å². The molecule has 1 unspecified atom stereocenters. The number of hydrogen-bond donors (Lipinski definition) is 2. The van der Waals surface area contributed by atoms with E-state index in [-0.39, 0.29) is 5.91 Å². The van der Waals surface area contributed by atoms with Gasteiger partial charge in [-0.25, -0.2) is 4.98 Å². The Bertz CT molecular complexity index is 449. The molecule has 1 heterocycles. The summed E-state index contributed by atoms with van der Waals surface area (Å²) in [4.78, 5) is 18.1. The SMILES string of the molecule is CCCCC(N)C(=O)Nc1c(N(C)C)ccnc1OC. The van der Waals surface area contributed by atoms with E-state index >= 15 is 0 Å². The molecule has 0 radical (unpaired) electrons. The number of carbonyl (C=O) groups is 1. The quantitative estimate of drug-likeness (QED) is 0.793. The molecule has 0 saturated heterocycles. The zero-order valence-electron chi connectivity index (χ0n) is 12.6. The van der Waals surface area contributed by atoms with Crippen LogP contribution in [0.5, 0.6) is 5.88 Å². The van der Waals surface area contributed by atoms with E-state index in [1.165, 1.54) is 7.11 Å². The molecule has 20 heavy (non-hydrogen) atoms. The molecule has 112 valence electrons. The number of amides is 1. The van der Waals surface area contributed by atoms with Crippen molar-refractivity contribution in [1.82, 2.24) is 4.98 Å².